The molecule has 19 heavy (non-hydrogen) atoms. The average Bonchev–Trinajstić information content (AvgIpc) is 2.70. The molecule has 0 saturated carbocycles. The molecular weight excluding hydrogens is 266 g/mol. The monoisotopic (exact) mass is 283 g/mol. The van der Waals surface area contributed by atoms with Crippen molar-refractivity contribution < 1.29 is 17.9 Å². The van der Waals surface area contributed by atoms with Gasteiger partial charge in [-0.2, -0.15) is 4.31 Å². The van der Waals surface area contributed by atoms with Crippen molar-refractivity contribution in [1.82, 2.24) is 4.31 Å². The van der Waals surface area contributed by atoms with Crippen LogP contribution in [0.15, 0.2) is 29.2 Å². The Bertz CT molecular complexity index is 556. The molecule has 1 aromatic rings. The first-order valence-corrected chi connectivity index (χ1v) is 7.82. The van der Waals surface area contributed by atoms with Gasteiger partial charge in [-0.25, -0.2) is 8.42 Å². The number of morpholine rings is 1. The van der Waals surface area contributed by atoms with Crippen molar-refractivity contribution in [1.29, 1.82) is 0 Å². The first kappa shape index (κ1) is 12.9. The van der Waals surface area contributed by atoms with E-state index in [-0.39, 0.29) is 12.1 Å². The van der Waals surface area contributed by atoms with Crippen molar-refractivity contribution in [2.45, 2.75) is 29.8 Å². The Hall–Kier alpha value is -1.11. The zero-order valence-corrected chi connectivity index (χ0v) is 11.6. The zero-order valence-electron chi connectivity index (χ0n) is 10.8. The minimum Gasteiger partial charge on any atom is -0.497 e. The van der Waals surface area contributed by atoms with Crippen LogP contribution in [0, 0.1) is 0 Å². The molecule has 0 unspecified atom stereocenters. The predicted octanol–water partition coefficient (Wildman–Crippen LogP) is 1.25. The van der Waals surface area contributed by atoms with Crippen molar-refractivity contribution in [3.63, 3.8) is 0 Å². The van der Waals surface area contributed by atoms with Crippen molar-refractivity contribution in [3.8, 4) is 5.75 Å². The molecule has 2 bridgehead atoms. The van der Waals surface area contributed by atoms with Gasteiger partial charge in [0.1, 0.15) is 5.75 Å². The molecule has 0 N–H and O–H groups in total. The molecule has 1 aromatic carbocycles. The molecule has 2 heterocycles. The van der Waals surface area contributed by atoms with Crippen LogP contribution in [0.5, 0.6) is 5.75 Å². The number of fused-ring (bicyclic) bond motifs is 2. The number of benzene rings is 1. The second-order valence-corrected chi connectivity index (χ2v) is 6.78. The van der Waals surface area contributed by atoms with E-state index in [1.165, 1.54) is 7.11 Å². The summed E-state index contributed by atoms with van der Waals surface area (Å²) in [7, 11) is -1.93. The fraction of sp³-hybridized carbons (Fsp3) is 0.538. The molecule has 2 saturated heterocycles. The van der Waals surface area contributed by atoms with Gasteiger partial charge in [-0.1, -0.05) is 6.07 Å². The molecule has 2 aliphatic heterocycles. The largest absolute Gasteiger partial charge is 0.497 e. The van der Waals surface area contributed by atoms with Crippen LogP contribution in [-0.2, 0) is 14.8 Å². The van der Waals surface area contributed by atoms with Crippen molar-refractivity contribution in [2.75, 3.05) is 20.3 Å². The molecule has 2 aliphatic rings. The molecule has 0 radical (unpaired) electrons. The van der Waals surface area contributed by atoms with Crippen molar-refractivity contribution >= 4 is 10.0 Å². The third kappa shape index (κ3) is 2.13. The van der Waals surface area contributed by atoms with Crippen LogP contribution in [0.25, 0.3) is 0 Å². The van der Waals surface area contributed by atoms with Crippen LogP contribution in [-0.4, -0.2) is 45.1 Å². The summed E-state index contributed by atoms with van der Waals surface area (Å²) >= 11 is 0. The van der Waals surface area contributed by atoms with E-state index >= 15 is 0 Å². The number of ether oxygens (including phenoxy) is 2. The summed E-state index contributed by atoms with van der Waals surface area (Å²) in [4.78, 5) is 0.297. The van der Waals surface area contributed by atoms with Crippen molar-refractivity contribution in [3.05, 3.63) is 24.3 Å². The molecule has 3 rings (SSSR count). The highest BCUT2D eigenvalue weighted by molar-refractivity contribution is 7.89. The highest BCUT2D eigenvalue weighted by Crippen LogP contribution is 2.34. The third-order valence-corrected chi connectivity index (χ3v) is 5.79. The number of rotatable bonds is 3. The van der Waals surface area contributed by atoms with E-state index in [1.807, 2.05) is 0 Å². The summed E-state index contributed by atoms with van der Waals surface area (Å²) in [5.41, 5.74) is 0. The van der Waals surface area contributed by atoms with Gasteiger partial charge in [0.2, 0.25) is 10.0 Å². The van der Waals surface area contributed by atoms with Crippen LogP contribution in [0.2, 0.25) is 0 Å². The SMILES string of the molecule is COc1cccc(S(=O)(=O)N2[C@@H]3CC[C@@H]2COC3)c1. The topological polar surface area (TPSA) is 55.8 Å². The van der Waals surface area contributed by atoms with Gasteiger partial charge in [0.05, 0.1) is 25.2 Å². The molecular formula is C13H17NO4S. The van der Waals surface area contributed by atoms with E-state index in [2.05, 4.69) is 0 Å². The number of sulfonamides is 1. The Labute approximate surface area is 113 Å². The minimum atomic E-state index is -3.46. The maximum Gasteiger partial charge on any atom is 0.243 e. The Kier molecular flexibility index (Phi) is 3.24. The van der Waals surface area contributed by atoms with Gasteiger partial charge < -0.3 is 9.47 Å². The van der Waals surface area contributed by atoms with Gasteiger partial charge in [-0.05, 0) is 25.0 Å². The van der Waals surface area contributed by atoms with E-state index in [9.17, 15) is 8.42 Å². The smallest absolute Gasteiger partial charge is 0.243 e. The lowest BCUT2D eigenvalue weighted by molar-refractivity contribution is 0.0269. The van der Waals surface area contributed by atoms with E-state index < -0.39 is 10.0 Å². The maximum absolute atomic E-state index is 12.7. The summed E-state index contributed by atoms with van der Waals surface area (Å²) in [6, 6.07) is 6.60. The molecule has 0 aromatic heterocycles. The summed E-state index contributed by atoms with van der Waals surface area (Å²) in [5, 5.41) is 0. The molecule has 5 nitrogen and oxygen atoms in total. The van der Waals surface area contributed by atoms with Crippen LogP contribution in [0.4, 0.5) is 0 Å². The minimum absolute atomic E-state index is 0.0186. The highest BCUT2D eigenvalue weighted by Gasteiger charge is 2.45. The van der Waals surface area contributed by atoms with Gasteiger partial charge in [0.15, 0.2) is 0 Å². The normalized spacial score (nSPS) is 27.4. The standard InChI is InChI=1S/C13H17NO4S/c1-17-12-3-2-4-13(7-12)19(15,16)14-10-5-6-11(14)9-18-8-10/h2-4,7,10-11H,5-6,8-9H2,1H3/t10-,11-/m1/s1. The van der Waals surface area contributed by atoms with Crippen molar-refractivity contribution in [2.24, 2.45) is 0 Å². The summed E-state index contributed by atoms with van der Waals surface area (Å²) in [5.74, 6) is 0.557. The Balaban J connectivity index is 1.98. The molecule has 2 atom stereocenters. The lowest BCUT2D eigenvalue weighted by Crippen LogP contribution is -2.48. The summed E-state index contributed by atoms with van der Waals surface area (Å²) < 4.78 is 37.6. The van der Waals surface area contributed by atoms with Gasteiger partial charge in [0.25, 0.3) is 0 Å². The Morgan fingerprint density at radius 3 is 2.58 bits per heavy atom. The number of nitrogens with zero attached hydrogens (tertiary/aromatic N) is 1. The molecule has 0 spiro atoms. The average molecular weight is 283 g/mol. The van der Waals surface area contributed by atoms with Gasteiger partial charge in [0, 0.05) is 18.2 Å². The highest BCUT2D eigenvalue weighted by atomic mass is 32.2. The van der Waals surface area contributed by atoms with Gasteiger partial charge in [-0.15, -0.1) is 0 Å². The molecule has 6 heteroatoms. The quantitative estimate of drug-likeness (QED) is 0.837. The second kappa shape index (κ2) is 4.77. The molecule has 2 fully saturated rings. The van der Waals surface area contributed by atoms with Crippen LogP contribution < -0.4 is 4.74 Å². The van der Waals surface area contributed by atoms with Crippen LogP contribution in [0.1, 0.15) is 12.8 Å². The Morgan fingerprint density at radius 1 is 1.26 bits per heavy atom. The molecule has 104 valence electrons. The second-order valence-electron chi connectivity index (χ2n) is 4.94. The number of hydrogen-bond acceptors (Lipinski definition) is 4. The van der Waals surface area contributed by atoms with Gasteiger partial charge in [-0.3, -0.25) is 0 Å². The fourth-order valence-corrected chi connectivity index (χ4v) is 4.74. The van der Waals surface area contributed by atoms with E-state index in [1.54, 1.807) is 28.6 Å². The predicted molar refractivity (Wildman–Crippen MR) is 69.6 cm³/mol. The molecule has 0 amide bonds. The van der Waals surface area contributed by atoms with E-state index in [0.29, 0.717) is 23.9 Å². The summed E-state index contributed by atoms with van der Waals surface area (Å²) in [6.45, 7) is 0.999. The van der Waals surface area contributed by atoms with Gasteiger partial charge >= 0.3 is 0 Å². The van der Waals surface area contributed by atoms with Crippen LogP contribution in [0.3, 0.4) is 0 Å². The summed E-state index contributed by atoms with van der Waals surface area (Å²) in [6.07, 6.45) is 1.77. The first-order chi connectivity index (χ1) is 9.13. The van der Waals surface area contributed by atoms with E-state index in [4.69, 9.17) is 9.47 Å². The Morgan fingerprint density at radius 2 is 1.95 bits per heavy atom. The number of hydrogen-bond donors (Lipinski definition) is 0. The third-order valence-electron chi connectivity index (χ3n) is 3.79. The first-order valence-electron chi connectivity index (χ1n) is 6.38. The zero-order chi connectivity index (χ0) is 13.5. The lowest BCUT2D eigenvalue weighted by Gasteiger charge is -2.33. The number of methoxy groups -OCH3 is 1. The maximum atomic E-state index is 12.7. The fourth-order valence-electron chi connectivity index (χ4n) is 2.87. The molecule has 0 aliphatic carbocycles. The lowest BCUT2D eigenvalue weighted by atomic mass is 10.2. The van der Waals surface area contributed by atoms with E-state index in [0.717, 1.165) is 12.8 Å². The van der Waals surface area contributed by atoms with Crippen LogP contribution >= 0.6 is 0 Å².